The van der Waals surface area contributed by atoms with E-state index >= 15 is 0 Å². The minimum absolute atomic E-state index is 0.149. The molecule has 0 aliphatic rings. The van der Waals surface area contributed by atoms with Gasteiger partial charge < -0.3 is 14.5 Å². The van der Waals surface area contributed by atoms with Crippen LogP contribution in [0, 0.1) is 0 Å². The monoisotopic (exact) mass is 372 g/mol. The number of hydrogen-bond donors (Lipinski definition) is 1. The molecular formula is C22H16N2O4. The van der Waals surface area contributed by atoms with Crippen molar-refractivity contribution in [2.75, 3.05) is 12.4 Å². The number of carbonyl (C=O) groups is 1. The van der Waals surface area contributed by atoms with Gasteiger partial charge in [0.05, 0.1) is 18.1 Å². The second-order valence-electron chi connectivity index (χ2n) is 6.11. The van der Waals surface area contributed by atoms with Gasteiger partial charge in [-0.25, -0.2) is 0 Å². The Kier molecular flexibility index (Phi) is 4.60. The summed E-state index contributed by atoms with van der Waals surface area (Å²) in [6.07, 6.45) is 3.11. The molecule has 6 nitrogen and oxygen atoms in total. The Bertz CT molecular complexity index is 1200. The van der Waals surface area contributed by atoms with Crippen LogP contribution in [0.15, 0.2) is 82.3 Å². The second-order valence-corrected chi connectivity index (χ2v) is 6.11. The summed E-state index contributed by atoms with van der Waals surface area (Å²) in [7, 11) is 1.55. The number of fused-ring (bicyclic) bond motifs is 1. The molecule has 1 N–H and O–H groups in total. The van der Waals surface area contributed by atoms with E-state index in [1.807, 2.05) is 0 Å². The minimum Gasteiger partial charge on any atom is -0.497 e. The zero-order valence-corrected chi connectivity index (χ0v) is 15.0. The van der Waals surface area contributed by atoms with E-state index in [0.29, 0.717) is 33.7 Å². The van der Waals surface area contributed by atoms with Gasteiger partial charge in [-0.05, 0) is 54.6 Å². The van der Waals surface area contributed by atoms with E-state index < -0.39 is 0 Å². The number of nitrogens with zero attached hydrogens (tertiary/aromatic N) is 1. The Morgan fingerprint density at radius 2 is 1.89 bits per heavy atom. The topological polar surface area (TPSA) is 81.4 Å². The third kappa shape index (κ3) is 3.48. The molecule has 2 heterocycles. The average Bonchev–Trinajstić information content (AvgIpc) is 2.74. The maximum absolute atomic E-state index is 12.4. The fourth-order valence-electron chi connectivity index (χ4n) is 2.82. The van der Waals surface area contributed by atoms with Crippen molar-refractivity contribution in [3.63, 3.8) is 0 Å². The van der Waals surface area contributed by atoms with Crippen LogP contribution in [-0.2, 0) is 0 Å². The molecule has 0 saturated carbocycles. The van der Waals surface area contributed by atoms with E-state index in [0.717, 1.165) is 5.56 Å². The molecule has 2 aromatic heterocycles. The summed E-state index contributed by atoms with van der Waals surface area (Å²) in [5.74, 6) is 0.807. The lowest BCUT2D eigenvalue weighted by atomic mass is 10.1. The van der Waals surface area contributed by atoms with E-state index in [4.69, 9.17) is 9.15 Å². The van der Waals surface area contributed by atoms with Gasteiger partial charge in [-0.15, -0.1) is 0 Å². The molecule has 28 heavy (non-hydrogen) atoms. The van der Waals surface area contributed by atoms with Gasteiger partial charge in [0.1, 0.15) is 17.1 Å². The Balaban J connectivity index is 1.60. The smallest absolute Gasteiger partial charge is 0.257 e. The lowest BCUT2D eigenvalue weighted by molar-refractivity contribution is 0.102. The van der Waals surface area contributed by atoms with Crippen LogP contribution >= 0.6 is 0 Å². The molecule has 138 valence electrons. The number of benzene rings is 2. The van der Waals surface area contributed by atoms with Crippen molar-refractivity contribution in [3.8, 4) is 17.1 Å². The van der Waals surface area contributed by atoms with Crippen LogP contribution in [0.3, 0.4) is 0 Å². The van der Waals surface area contributed by atoms with Crippen molar-refractivity contribution < 1.29 is 13.9 Å². The molecule has 0 aliphatic heterocycles. The fourth-order valence-corrected chi connectivity index (χ4v) is 2.82. The van der Waals surface area contributed by atoms with Gasteiger partial charge in [0, 0.05) is 29.7 Å². The first kappa shape index (κ1) is 17.5. The van der Waals surface area contributed by atoms with Crippen LogP contribution < -0.4 is 15.5 Å². The number of pyridine rings is 1. The van der Waals surface area contributed by atoms with Gasteiger partial charge in [0.2, 0.25) is 0 Å². The first-order valence-corrected chi connectivity index (χ1v) is 8.58. The Labute approximate surface area is 160 Å². The maximum atomic E-state index is 12.4. The number of ether oxygens (including phenoxy) is 1. The van der Waals surface area contributed by atoms with Gasteiger partial charge in [-0.1, -0.05) is 0 Å². The number of anilines is 1. The molecule has 6 heteroatoms. The van der Waals surface area contributed by atoms with Crippen LogP contribution in [0.4, 0.5) is 5.69 Å². The molecule has 0 radical (unpaired) electrons. The number of nitrogens with one attached hydrogen (secondary N) is 1. The summed E-state index contributed by atoms with van der Waals surface area (Å²) >= 11 is 0. The number of methoxy groups -OCH3 is 1. The highest BCUT2D eigenvalue weighted by Crippen LogP contribution is 2.25. The van der Waals surface area contributed by atoms with Crippen LogP contribution in [0.2, 0.25) is 0 Å². The van der Waals surface area contributed by atoms with Gasteiger partial charge in [0.25, 0.3) is 5.91 Å². The molecule has 4 aromatic rings. The summed E-state index contributed by atoms with van der Waals surface area (Å²) in [5.41, 5.74) is 2.17. The zero-order chi connectivity index (χ0) is 19.5. The van der Waals surface area contributed by atoms with E-state index in [1.54, 1.807) is 67.9 Å². The highest BCUT2D eigenvalue weighted by Gasteiger charge is 2.09. The SMILES string of the molecule is COc1ccc2oc(-c3ccc(NC(=O)c4cccnc4)cc3)cc(=O)c2c1. The van der Waals surface area contributed by atoms with Crippen LogP contribution in [0.5, 0.6) is 5.75 Å². The van der Waals surface area contributed by atoms with Crippen molar-refractivity contribution >= 4 is 22.6 Å². The molecule has 0 atom stereocenters. The van der Waals surface area contributed by atoms with Crippen molar-refractivity contribution in [2.45, 2.75) is 0 Å². The zero-order valence-electron chi connectivity index (χ0n) is 15.0. The fraction of sp³-hybridized carbons (Fsp3) is 0.0455. The molecular weight excluding hydrogens is 356 g/mol. The summed E-state index contributed by atoms with van der Waals surface area (Å²) in [5, 5.41) is 3.27. The Morgan fingerprint density at radius 1 is 1.07 bits per heavy atom. The largest absolute Gasteiger partial charge is 0.497 e. The third-order valence-electron chi connectivity index (χ3n) is 4.29. The van der Waals surface area contributed by atoms with E-state index in [-0.39, 0.29) is 11.3 Å². The second kappa shape index (κ2) is 7.36. The number of rotatable bonds is 4. The van der Waals surface area contributed by atoms with Crippen molar-refractivity contribution in [1.29, 1.82) is 0 Å². The van der Waals surface area contributed by atoms with Crippen molar-refractivity contribution in [2.24, 2.45) is 0 Å². The molecule has 0 spiro atoms. The summed E-state index contributed by atoms with van der Waals surface area (Å²) in [6.45, 7) is 0. The standard InChI is InChI=1S/C22H16N2O4/c1-27-17-8-9-20-18(11-17)19(25)12-21(28-20)14-4-6-16(7-5-14)24-22(26)15-3-2-10-23-13-15/h2-13H,1H3,(H,24,26). The van der Waals surface area contributed by atoms with E-state index in [1.165, 1.54) is 12.3 Å². The van der Waals surface area contributed by atoms with Crippen LogP contribution in [-0.4, -0.2) is 18.0 Å². The molecule has 0 fully saturated rings. The highest BCUT2D eigenvalue weighted by atomic mass is 16.5. The molecule has 0 unspecified atom stereocenters. The Morgan fingerprint density at radius 3 is 2.61 bits per heavy atom. The predicted octanol–water partition coefficient (Wildman–Crippen LogP) is 4.12. The lowest BCUT2D eigenvalue weighted by Gasteiger charge is -2.07. The molecule has 0 saturated heterocycles. The summed E-state index contributed by atoms with van der Waals surface area (Å²) < 4.78 is 11.0. The molecule has 1 amide bonds. The quantitative estimate of drug-likeness (QED) is 0.583. The van der Waals surface area contributed by atoms with Crippen LogP contribution in [0.25, 0.3) is 22.3 Å². The minimum atomic E-state index is -0.243. The highest BCUT2D eigenvalue weighted by molar-refractivity contribution is 6.04. The number of aromatic nitrogens is 1. The molecule has 0 aliphatic carbocycles. The Hall–Kier alpha value is -3.93. The van der Waals surface area contributed by atoms with Gasteiger partial charge >= 0.3 is 0 Å². The maximum Gasteiger partial charge on any atom is 0.257 e. The predicted molar refractivity (Wildman–Crippen MR) is 107 cm³/mol. The van der Waals surface area contributed by atoms with E-state index in [2.05, 4.69) is 10.3 Å². The summed E-state index contributed by atoms with van der Waals surface area (Å²) in [6, 6.07) is 17.0. The van der Waals surface area contributed by atoms with Gasteiger partial charge in [-0.2, -0.15) is 0 Å². The van der Waals surface area contributed by atoms with E-state index in [9.17, 15) is 9.59 Å². The lowest BCUT2D eigenvalue weighted by Crippen LogP contribution is -2.11. The average molecular weight is 372 g/mol. The van der Waals surface area contributed by atoms with Crippen molar-refractivity contribution in [3.05, 3.63) is 88.8 Å². The third-order valence-corrected chi connectivity index (χ3v) is 4.29. The number of carbonyl (C=O) groups excluding carboxylic acids is 1. The molecule has 0 bridgehead atoms. The van der Waals surface area contributed by atoms with Gasteiger partial charge in [0.15, 0.2) is 5.43 Å². The molecule has 4 rings (SSSR count). The van der Waals surface area contributed by atoms with Gasteiger partial charge in [-0.3, -0.25) is 14.6 Å². The molecule has 2 aromatic carbocycles. The van der Waals surface area contributed by atoms with Crippen LogP contribution in [0.1, 0.15) is 10.4 Å². The van der Waals surface area contributed by atoms with Crippen molar-refractivity contribution in [1.82, 2.24) is 4.98 Å². The normalized spacial score (nSPS) is 10.6. The summed E-state index contributed by atoms with van der Waals surface area (Å²) in [4.78, 5) is 28.6. The number of amides is 1. The first-order chi connectivity index (χ1) is 13.6. The number of hydrogen-bond acceptors (Lipinski definition) is 5. The first-order valence-electron chi connectivity index (χ1n) is 8.58.